The Morgan fingerprint density at radius 1 is 1.50 bits per heavy atom. The number of aliphatic carboxylic acids is 1. The van der Waals surface area contributed by atoms with Crippen LogP contribution in [0.5, 0.6) is 0 Å². The number of hydrogen-bond donors (Lipinski definition) is 3. The van der Waals surface area contributed by atoms with Crippen molar-refractivity contribution in [3.05, 3.63) is 24.3 Å². The molecule has 3 N–H and O–H groups in total. The SMILES string of the molecule is CCC1(B(O)O)C=CC=CC1C(=O)O. The van der Waals surface area contributed by atoms with Gasteiger partial charge in [0.2, 0.25) is 0 Å². The van der Waals surface area contributed by atoms with Gasteiger partial charge in [-0.05, 0) is 6.42 Å². The van der Waals surface area contributed by atoms with Gasteiger partial charge in [0.25, 0.3) is 0 Å². The Bertz CT molecular complexity index is 285. The smallest absolute Gasteiger partial charge is 0.463 e. The van der Waals surface area contributed by atoms with Gasteiger partial charge in [-0.3, -0.25) is 4.79 Å². The molecule has 1 rings (SSSR count). The van der Waals surface area contributed by atoms with Crippen LogP contribution in [0.1, 0.15) is 13.3 Å². The standard InChI is InChI=1S/C9H13BO4/c1-2-9(10(13)14)6-4-3-5-7(9)8(11)12/h3-7,13-14H,2H2,1H3,(H,11,12). The van der Waals surface area contributed by atoms with Gasteiger partial charge in [-0.25, -0.2) is 0 Å². The zero-order valence-corrected chi connectivity index (χ0v) is 7.92. The van der Waals surface area contributed by atoms with Crippen molar-refractivity contribution in [1.82, 2.24) is 0 Å². The van der Waals surface area contributed by atoms with Crippen LogP contribution in [0.2, 0.25) is 5.31 Å². The summed E-state index contributed by atoms with van der Waals surface area (Å²) in [6.45, 7) is 1.74. The molecule has 0 amide bonds. The molecule has 0 saturated heterocycles. The van der Waals surface area contributed by atoms with Crippen LogP contribution in [0, 0.1) is 5.92 Å². The van der Waals surface area contributed by atoms with Gasteiger partial charge in [0, 0.05) is 5.31 Å². The molecular formula is C9H13BO4. The fraction of sp³-hybridized carbons (Fsp3) is 0.444. The van der Waals surface area contributed by atoms with E-state index in [4.69, 9.17) is 5.11 Å². The number of carboxylic acids is 1. The number of carbonyl (C=O) groups is 1. The molecule has 2 unspecified atom stereocenters. The maximum atomic E-state index is 10.9. The third kappa shape index (κ3) is 1.60. The van der Waals surface area contributed by atoms with Crippen LogP contribution in [-0.4, -0.2) is 28.2 Å². The first-order chi connectivity index (χ1) is 6.54. The molecule has 0 saturated carbocycles. The molecule has 0 aromatic carbocycles. The van der Waals surface area contributed by atoms with E-state index in [9.17, 15) is 14.8 Å². The Balaban J connectivity index is 3.08. The minimum atomic E-state index is -1.66. The number of carboxylic acid groups (broad SMARTS) is 1. The summed E-state index contributed by atoms with van der Waals surface area (Å²) >= 11 is 0. The summed E-state index contributed by atoms with van der Waals surface area (Å²) in [5.74, 6) is -1.92. The van der Waals surface area contributed by atoms with Crippen molar-refractivity contribution in [2.45, 2.75) is 18.7 Å². The topological polar surface area (TPSA) is 77.8 Å². The lowest BCUT2D eigenvalue weighted by Gasteiger charge is -2.34. The number of rotatable bonds is 3. The van der Waals surface area contributed by atoms with E-state index in [0.717, 1.165) is 0 Å². The predicted octanol–water partition coefficient (Wildman–Crippen LogP) is 0.436. The Morgan fingerprint density at radius 2 is 2.14 bits per heavy atom. The van der Waals surface area contributed by atoms with Crippen molar-refractivity contribution in [3.63, 3.8) is 0 Å². The molecule has 1 aliphatic carbocycles. The molecule has 14 heavy (non-hydrogen) atoms. The average molecular weight is 196 g/mol. The molecule has 0 bridgehead atoms. The van der Waals surface area contributed by atoms with Crippen LogP contribution in [0.4, 0.5) is 0 Å². The van der Waals surface area contributed by atoms with E-state index in [0.29, 0.717) is 6.42 Å². The molecule has 76 valence electrons. The quantitative estimate of drug-likeness (QED) is 0.572. The Kier molecular flexibility index (Phi) is 3.13. The third-order valence-electron chi connectivity index (χ3n) is 2.76. The lowest BCUT2D eigenvalue weighted by Crippen LogP contribution is -2.41. The van der Waals surface area contributed by atoms with Gasteiger partial charge >= 0.3 is 13.1 Å². The molecule has 0 aromatic heterocycles. The maximum Gasteiger partial charge on any atom is 0.463 e. The van der Waals surface area contributed by atoms with E-state index in [1.807, 2.05) is 0 Å². The summed E-state index contributed by atoms with van der Waals surface area (Å²) < 4.78 is 0. The molecule has 0 radical (unpaired) electrons. The molecule has 0 aliphatic heterocycles. The zero-order valence-electron chi connectivity index (χ0n) is 7.92. The van der Waals surface area contributed by atoms with Crippen molar-refractivity contribution in [2.24, 2.45) is 5.92 Å². The highest BCUT2D eigenvalue weighted by Crippen LogP contribution is 2.45. The van der Waals surface area contributed by atoms with Gasteiger partial charge in [0.1, 0.15) is 0 Å². The monoisotopic (exact) mass is 196 g/mol. The second-order valence-corrected chi connectivity index (χ2v) is 3.40. The molecule has 0 spiro atoms. The zero-order chi connectivity index (χ0) is 10.8. The Hall–Kier alpha value is -1.07. The normalized spacial score (nSPS) is 30.4. The number of allylic oxidation sites excluding steroid dienone is 3. The summed E-state index contributed by atoms with van der Waals surface area (Å²) in [4.78, 5) is 10.9. The largest absolute Gasteiger partial charge is 0.481 e. The van der Waals surface area contributed by atoms with Gasteiger partial charge in [-0.2, -0.15) is 0 Å². The first kappa shape index (κ1) is 11.0. The van der Waals surface area contributed by atoms with Gasteiger partial charge in [0.15, 0.2) is 0 Å². The summed E-state index contributed by atoms with van der Waals surface area (Å²) in [7, 11) is -1.66. The van der Waals surface area contributed by atoms with Crippen LogP contribution in [0.25, 0.3) is 0 Å². The molecule has 4 nitrogen and oxygen atoms in total. The lowest BCUT2D eigenvalue weighted by molar-refractivity contribution is -0.141. The van der Waals surface area contributed by atoms with Crippen molar-refractivity contribution >= 4 is 13.1 Å². The van der Waals surface area contributed by atoms with Crippen molar-refractivity contribution in [2.75, 3.05) is 0 Å². The number of hydrogen-bond acceptors (Lipinski definition) is 3. The fourth-order valence-corrected chi connectivity index (χ4v) is 1.77. The molecule has 0 fully saturated rings. The first-order valence-corrected chi connectivity index (χ1v) is 4.49. The average Bonchev–Trinajstić information content (AvgIpc) is 2.17. The van der Waals surface area contributed by atoms with Gasteiger partial charge in [0.05, 0.1) is 5.92 Å². The summed E-state index contributed by atoms with van der Waals surface area (Å²) in [5.41, 5.74) is 0. The third-order valence-corrected chi connectivity index (χ3v) is 2.76. The van der Waals surface area contributed by atoms with E-state index in [2.05, 4.69) is 0 Å². The van der Waals surface area contributed by atoms with Crippen LogP contribution in [-0.2, 0) is 4.79 Å². The van der Waals surface area contributed by atoms with Crippen LogP contribution in [0.3, 0.4) is 0 Å². The van der Waals surface area contributed by atoms with Crippen molar-refractivity contribution in [3.8, 4) is 0 Å². The van der Waals surface area contributed by atoms with Gasteiger partial charge < -0.3 is 15.2 Å². The second-order valence-electron chi connectivity index (χ2n) is 3.40. The highest BCUT2D eigenvalue weighted by molar-refractivity contribution is 6.47. The van der Waals surface area contributed by atoms with E-state index in [1.165, 1.54) is 6.08 Å². The molecule has 2 atom stereocenters. The molecule has 0 aromatic rings. The van der Waals surface area contributed by atoms with Gasteiger partial charge in [-0.1, -0.05) is 31.2 Å². The van der Waals surface area contributed by atoms with Crippen LogP contribution < -0.4 is 0 Å². The van der Waals surface area contributed by atoms with E-state index >= 15 is 0 Å². The molecule has 0 heterocycles. The van der Waals surface area contributed by atoms with E-state index < -0.39 is 24.3 Å². The van der Waals surface area contributed by atoms with Crippen molar-refractivity contribution in [1.29, 1.82) is 0 Å². The van der Waals surface area contributed by atoms with Crippen molar-refractivity contribution < 1.29 is 19.9 Å². The van der Waals surface area contributed by atoms with Gasteiger partial charge in [-0.15, -0.1) is 0 Å². The van der Waals surface area contributed by atoms with Crippen LogP contribution >= 0.6 is 0 Å². The molecule has 1 aliphatic rings. The van der Waals surface area contributed by atoms with E-state index in [1.54, 1.807) is 25.2 Å². The Morgan fingerprint density at radius 3 is 2.50 bits per heavy atom. The highest BCUT2D eigenvalue weighted by Gasteiger charge is 2.48. The van der Waals surface area contributed by atoms with Crippen LogP contribution in [0.15, 0.2) is 24.3 Å². The summed E-state index contributed by atoms with van der Waals surface area (Å²) in [5, 5.41) is 26.4. The minimum absolute atomic E-state index is 0.364. The predicted molar refractivity (Wildman–Crippen MR) is 52.6 cm³/mol. The Labute approximate surface area is 82.7 Å². The second kappa shape index (κ2) is 3.98. The molecule has 5 heteroatoms. The lowest BCUT2D eigenvalue weighted by atomic mass is 9.49. The minimum Gasteiger partial charge on any atom is -0.481 e. The first-order valence-electron chi connectivity index (χ1n) is 4.49. The molecular weight excluding hydrogens is 183 g/mol. The fourth-order valence-electron chi connectivity index (χ4n) is 1.77. The highest BCUT2D eigenvalue weighted by atomic mass is 16.4. The summed E-state index contributed by atoms with van der Waals surface area (Å²) in [6.07, 6.45) is 6.64. The maximum absolute atomic E-state index is 10.9. The summed E-state index contributed by atoms with van der Waals surface area (Å²) in [6, 6.07) is 0. The van der Waals surface area contributed by atoms with E-state index in [-0.39, 0.29) is 0 Å².